The smallest absolute Gasteiger partial charge is 0.306 e. The van der Waals surface area contributed by atoms with Gasteiger partial charge in [-0.05, 0) is 50.7 Å². The van der Waals surface area contributed by atoms with Crippen molar-refractivity contribution in [2.24, 2.45) is 13.0 Å². The average molecular weight is 467 g/mol. The van der Waals surface area contributed by atoms with Crippen LogP contribution in [-0.4, -0.2) is 47.1 Å². The van der Waals surface area contributed by atoms with Gasteiger partial charge < -0.3 is 14.6 Å². The van der Waals surface area contributed by atoms with Crippen LogP contribution in [0.1, 0.15) is 62.5 Å². The molecule has 34 heavy (non-hydrogen) atoms. The first kappa shape index (κ1) is 23.6. The molecule has 3 aromatic heterocycles. The third-order valence-electron chi connectivity index (χ3n) is 6.10. The first-order valence-corrected chi connectivity index (χ1v) is 11.5. The number of hydrogen-bond donors (Lipinski definition) is 1. The number of nitrogens with zero attached hydrogens (tertiary/aromatic N) is 6. The number of ether oxygens (including phenoxy) is 2. The molecule has 0 radical (unpaired) electrons. The molecule has 0 saturated heterocycles. The Morgan fingerprint density at radius 1 is 1.26 bits per heavy atom. The predicted molar refractivity (Wildman–Crippen MR) is 123 cm³/mol. The van der Waals surface area contributed by atoms with Crippen LogP contribution in [0.3, 0.4) is 0 Å². The molecule has 0 bridgehead atoms. The Bertz CT molecular complexity index is 1160. The van der Waals surface area contributed by atoms with E-state index >= 15 is 0 Å². The normalized spacial score (nSPS) is 18.1. The molecule has 1 N–H and O–H groups in total. The second-order valence-corrected chi connectivity index (χ2v) is 8.95. The topological polar surface area (TPSA) is 125 Å². The van der Waals surface area contributed by atoms with Crippen LogP contribution in [0.2, 0.25) is 0 Å². The van der Waals surface area contributed by atoms with E-state index in [2.05, 4.69) is 34.1 Å². The van der Waals surface area contributed by atoms with Crippen LogP contribution >= 0.6 is 0 Å². The van der Waals surface area contributed by atoms with Gasteiger partial charge in [-0.15, -0.1) is 5.10 Å². The lowest BCUT2D eigenvalue weighted by atomic mass is 9.87. The number of carbonyl (C=O) groups is 1. The van der Waals surface area contributed by atoms with E-state index in [-0.39, 0.29) is 24.5 Å². The van der Waals surface area contributed by atoms with Crippen LogP contribution in [-0.2, 0) is 18.4 Å². The second kappa shape index (κ2) is 10.1. The van der Waals surface area contributed by atoms with Gasteiger partial charge in [-0.3, -0.25) is 4.79 Å². The molecule has 1 aliphatic carbocycles. The lowest BCUT2D eigenvalue weighted by Gasteiger charge is -2.27. The largest absolute Gasteiger partial charge is 0.489 e. The minimum atomic E-state index is -0.752. The number of aryl methyl sites for hydroxylation is 2. The van der Waals surface area contributed by atoms with Crippen LogP contribution < -0.4 is 9.47 Å². The molecule has 0 unspecified atom stereocenters. The zero-order chi connectivity index (χ0) is 24.2. The SMILES string of the molecule is Cc1nc(-c2nnn(C)c2COc2cc(C(C)C)ncn2)ccc1O[C@H]1CCC[C@H](C(=O)O)C1. The zero-order valence-electron chi connectivity index (χ0n) is 19.9. The monoisotopic (exact) mass is 466 g/mol. The van der Waals surface area contributed by atoms with Gasteiger partial charge in [0, 0.05) is 13.1 Å². The Labute approximate surface area is 198 Å². The van der Waals surface area contributed by atoms with Crippen LogP contribution in [0.25, 0.3) is 11.4 Å². The Hall–Kier alpha value is -3.56. The summed E-state index contributed by atoms with van der Waals surface area (Å²) in [6.45, 7) is 6.23. The van der Waals surface area contributed by atoms with Crippen LogP contribution in [0, 0.1) is 12.8 Å². The van der Waals surface area contributed by atoms with Crippen LogP contribution in [0.4, 0.5) is 0 Å². The van der Waals surface area contributed by atoms with Gasteiger partial charge in [-0.1, -0.05) is 19.1 Å². The first-order chi connectivity index (χ1) is 16.3. The van der Waals surface area contributed by atoms with E-state index in [1.54, 1.807) is 11.7 Å². The lowest BCUT2D eigenvalue weighted by Crippen LogP contribution is -2.29. The maximum atomic E-state index is 11.3. The van der Waals surface area contributed by atoms with E-state index < -0.39 is 5.97 Å². The summed E-state index contributed by atoms with van der Waals surface area (Å²) >= 11 is 0. The molecule has 180 valence electrons. The number of carboxylic acid groups (broad SMARTS) is 1. The maximum absolute atomic E-state index is 11.3. The second-order valence-electron chi connectivity index (χ2n) is 8.95. The molecule has 0 spiro atoms. The quantitative estimate of drug-likeness (QED) is 0.529. The van der Waals surface area contributed by atoms with Crippen molar-refractivity contribution in [2.75, 3.05) is 0 Å². The number of carboxylic acids is 1. The van der Waals surface area contributed by atoms with Crippen molar-refractivity contribution in [3.8, 4) is 23.0 Å². The minimum absolute atomic E-state index is 0.120. The summed E-state index contributed by atoms with van der Waals surface area (Å²) in [5.41, 5.74) is 3.67. The van der Waals surface area contributed by atoms with E-state index in [0.29, 0.717) is 41.6 Å². The number of rotatable bonds is 8. The Balaban J connectivity index is 1.48. The third-order valence-corrected chi connectivity index (χ3v) is 6.10. The molecule has 2 atom stereocenters. The molecule has 10 heteroatoms. The number of pyridine rings is 1. The first-order valence-electron chi connectivity index (χ1n) is 11.5. The summed E-state index contributed by atoms with van der Waals surface area (Å²) in [6.07, 6.45) is 4.30. The predicted octanol–water partition coefficient (Wildman–Crippen LogP) is 3.70. The van der Waals surface area contributed by atoms with Gasteiger partial charge in [0.15, 0.2) is 0 Å². The maximum Gasteiger partial charge on any atom is 0.306 e. The molecular weight excluding hydrogens is 436 g/mol. The van der Waals surface area contributed by atoms with Crippen molar-refractivity contribution in [1.82, 2.24) is 29.9 Å². The van der Waals surface area contributed by atoms with Crippen molar-refractivity contribution in [2.45, 2.75) is 65.1 Å². The number of hydrogen-bond acceptors (Lipinski definition) is 8. The van der Waals surface area contributed by atoms with Crippen molar-refractivity contribution < 1.29 is 19.4 Å². The van der Waals surface area contributed by atoms with E-state index in [1.807, 2.05) is 25.1 Å². The summed E-state index contributed by atoms with van der Waals surface area (Å²) in [6, 6.07) is 5.54. The van der Waals surface area contributed by atoms with Gasteiger partial charge in [0.25, 0.3) is 0 Å². The molecule has 3 aromatic rings. The standard InChI is InChI=1S/C24H30N6O4/c1-14(2)19-11-22(26-13-25-19)33-12-20-23(28-29-30(20)4)18-8-9-21(15(3)27-18)34-17-7-5-6-16(10-17)24(31)32/h8-9,11,13-14,16-17H,5-7,10,12H2,1-4H3,(H,31,32)/t16-,17-/m0/s1. The molecule has 1 aliphatic rings. The fourth-order valence-corrected chi connectivity index (χ4v) is 4.09. The third kappa shape index (κ3) is 5.32. The summed E-state index contributed by atoms with van der Waals surface area (Å²) in [5, 5.41) is 17.8. The van der Waals surface area contributed by atoms with E-state index in [4.69, 9.17) is 14.5 Å². The Kier molecular flexibility index (Phi) is 7.04. The minimum Gasteiger partial charge on any atom is -0.489 e. The van der Waals surface area contributed by atoms with Crippen molar-refractivity contribution in [3.05, 3.63) is 41.6 Å². The van der Waals surface area contributed by atoms with Crippen LogP contribution in [0.15, 0.2) is 24.5 Å². The fraction of sp³-hybridized carbons (Fsp3) is 0.500. The summed E-state index contributed by atoms with van der Waals surface area (Å²) in [4.78, 5) is 24.5. The molecule has 0 aromatic carbocycles. The molecule has 4 rings (SSSR count). The van der Waals surface area contributed by atoms with E-state index in [0.717, 1.165) is 24.2 Å². The Morgan fingerprint density at radius 3 is 2.82 bits per heavy atom. The molecule has 1 saturated carbocycles. The van der Waals surface area contributed by atoms with Gasteiger partial charge in [0.2, 0.25) is 5.88 Å². The van der Waals surface area contributed by atoms with Gasteiger partial charge >= 0.3 is 5.97 Å². The highest BCUT2D eigenvalue weighted by Gasteiger charge is 2.28. The van der Waals surface area contributed by atoms with E-state index in [1.165, 1.54) is 6.33 Å². The van der Waals surface area contributed by atoms with Gasteiger partial charge in [0.05, 0.1) is 29.1 Å². The van der Waals surface area contributed by atoms with Crippen molar-refractivity contribution >= 4 is 5.97 Å². The summed E-state index contributed by atoms with van der Waals surface area (Å²) < 4.78 is 13.7. The molecule has 3 heterocycles. The molecule has 0 amide bonds. The Morgan fingerprint density at radius 2 is 2.09 bits per heavy atom. The van der Waals surface area contributed by atoms with Gasteiger partial charge in [-0.2, -0.15) is 0 Å². The van der Waals surface area contributed by atoms with Gasteiger partial charge in [0.1, 0.15) is 30.1 Å². The summed E-state index contributed by atoms with van der Waals surface area (Å²) in [5.74, 6) is 0.323. The number of aliphatic carboxylic acids is 1. The average Bonchev–Trinajstić information content (AvgIpc) is 3.19. The molecule has 0 aliphatic heterocycles. The highest BCUT2D eigenvalue weighted by Crippen LogP contribution is 2.30. The molecular formula is C24H30N6O4. The number of aromatic nitrogens is 6. The molecule has 10 nitrogen and oxygen atoms in total. The lowest BCUT2D eigenvalue weighted by molar-refractivity contribution is -0.143. The highest BCUT2D eigenvalue weighted by atomic mass is 16.5. The van der Waals surface area contributed by atoms with E-state index in [9.17, 15) is 9.90 Å². The van der Waals surface area contributed by atoms with Crippen molar-refractivity contribution in [1.29, 1.82) is 0 Å². The van der Waals surface area contributed by atoms with Crippen LogP contribution in [0.5, 0.6) is 11.6 Å². The molecule has 1 fully saturated rings. The van der Waals surface area contributed by atoms with Crippen molar-refractivity contribution in [3.63, 3.8) is 0 Å². The van der Waals surface area contributed by atoms with Gasteiger partial charge in [-0.25, -0.2) is 19.6 Å². The fourth-order valence-electron chi connectivity index (χ4n) is 4.09. The zero-order valence-corrected chi connectivity index (χ0v) is 19.9. The summed E-state index contributed by atoms with van der Waals surface area (Å²) in [7, 11) is 1.81. The highest BCUT2D eigenvalue weighted by molar-refractivity contribution is 5.70.